The Balaban J connectivity index is 0.000000295. The lowest BCUT2D eigenvalue weighted by Gasteiger charge is -2.19. The van der Waals surface area contributed by atoms with Crippen LogP contribution < -0.4 is 13.6 Å². The van der Waals surface area contributed by atoms with E-state index in [1.807, 2.05) is 18.2 Å². The fourth-order valence-electron chi connectivity index (χ4n) is 3.83. The summed E-state index contributed by atoms with van der Waals surface area (Å²) in [5, 5.41) is 8.46. The molecule has 0 aromatic heterocycles. The van der Waals surface area contributed by atoms with Gasteiger partial charge in [0.2, 0.25) is 0 Å². The van der Waals surface area contributed by atoms with Crippen LogP contribution in [0.15, 0.2) is 91.0 Å². The second kappa shape index (κ2) is 19.8. The van der Waals surface area contributed by atoms with Crippen LogP contribution in [-0.4, -0.2) is 11.1 Å². The molecular weight excluding hydrogens is 511 g/mol. The van der Waals surface area contributed by atoms with Gasteiger partial charge >= 0.3 is 13.8 Å². The number of phosphoric acid groups is 1. The average Bonchev–Trinajstić information content (AvgIpc) is 2.93. The Labute approximate surface area is 234 Å². The van der Waals surface area contributed by atoms with Crippen molar-refractivity contribution in [2.75, 3.05) is 0 Å². The molecule has 0 amide bonds. The maximum atomic E-state index is 13.1. The number of benzene rings is 3. The first-order valence-electron chi connectivity index (χ1n) is 14.1. The average molecular weight is 555 g/mol. The molecule has 3 rings (SSSR count). The van der Waals surface area contributed by atoms with Crippen molar-refractivity contribution in [3.05, 3.63) is 91.0 Å². The fraction of sp³-hybridized carbons (Fsp3) is 0.406. The lowest BCUT2D eigenvalue weighted by atomic mass is 10.1. The molecule has 6 nitrogen and oxygen atoms in total. The maximum absolute atomic E-state index is 13.1. The Kier molecular flexibility index (Phi) is 16.2. The molecule has 0 heterocycles. The number of carbonyl (C=O) groups is 1. The fourth-order valence-corrected chi connectivity index (χ4v) is 5.08. The van der Waals surface area contributed by atoms with Gasteiger partial charge in [-0.15, -0.1) is 0 Å². The van der Waals surface area contributed by atoms with E-state index in [0.717, 1.165) is 12.8 Å². The van der Waals surface area contributed by atoms with Gasteiger partial charge in [0.25, 0.3) is 0 Å². The van der Waals surface area contributed by atoms with E-state index in [1.165, 1.54) is 57.8 Å². The number of unbranched alkanes of at least 4 members (excludes halogenated alkanes) is 10. The van der Waals surface area contributed by atoms with Gasteiger partial charge in [0, 0.05) is 6.42 Å². The molecular formula is C32H43O6P. The largest absolute Gasteiger partial charge is 0.647 e. The van der Waals surface area contributed by atoms with Gasteiger partial charge in [0.1, 0.15) is 17.2 Å². The van der Waals surface area contributed by atoms with Crippen molar-refractivity contribution < 1.29 is 28.0 Å². The summed E-state index contributed by atoms with van der Waals surface area (Å²) < 4.78 is 29.6. The molecule has 39 heavy (non-hydrogen) atoms. The second-order valence-electron chi connectivity index (χ2n) is 9.34. The SMILES string of the molecule is CCCCCCCCCCCCCC(=O)O.O=P(Oc1ccccc1)(Oc1ccccc1)Oc1ccccc1. The molecule has 3 aromatic carbocycles. The molecule has 0 saturated heterocycles. The minimum atomic E-state index is -3.89. The highest BCUT2D eigenvalue weighted by Gasteiger charge is 2.33. The summed E-state index contributed by atoms with van der Waals surface area (Å²) in [6.45, 7) is 2.25. The molecule has 3 aromatic rings. The Hall–Kier alpha value is -3.24. The van der Waals surface area contributed by atoms with E-state index in [2.05, 4.69) is 6.92 Å². The van der Waals surface area contributed by atoms with E-state index in [9.17, 15) is 9.36 Å². The molecule has 212 valence electrons. The molecule has 0 unspecified atom stereocenters. The van der Waals surface area contributed by atoms with Crippen LogP contribution in [0.25, 0.3) is 0 Å². The van der Waals surface area contributed by atoms with Crippen molar-refractivity contribution >= 4 is 13.8 Å². The topological polar surface area (TPSA) is 82.1 Å². The second-order valence-corrected chi connectivity index (χ2v) is 10.8. The number of rotatable bonds is 18. The molecule has 0 spiro atoms. The van der Waals surface area contributed by atoms with Crippen molar-refractivity contribution in [3.8, 4) is 17.2 Å². The van der Waals surface area contributed by atoms with Gasteiger partial charge in [-0.1, -0.05) is 126 Å². The van der Waals surface area contributed by atoms with Crippen LogP contribution in [0.4, 0.5) is 0 Å². The van der Waals surface area contributed by atoms with Crippen LogP contribution in [0, 0.1) is 0 Å². The van der Waals surface area contributed by atoms with E-state index >= 15 is 0 Å². The number of aliphatic carboxylic acids is 1. The van der Waals surface area contributed by atoms with Gasteiger partial charge in [-0.05, 0) is 42.8 Å². The molecule has 0 radical (unpaired) electrons. The summed E-state index contributed by atoms with van der Waals surface area (Å²) in [6, 6.07) is 26.4. The van der Waals surface area contributed by atoms with Crippen LogP contribution in [0.2, 0.25) is 0 Å². The molecule has 0 aliphatic rings. The first-order valence-corrected chi connectivity index (χ1v) is 15.5. The zero-order valence-electron chi connectivity index (χ0n) is 23.1. The third-order valence-electron chi connectivity index (χ3n) is 5.88. The van der Waals surface area contributed by atoms with Crippen molar-refractivity contribution in [3.63, 3.8) is 0 Å². The molecule has 1 N–H and O–H groups in total. The Morgan fingerprint density at radius 3 is 1.18 bits per heavy atom. The van der Waals surface area contributed by atoms with E-state index in [0.29, 0.717) is 23.7 Å². The van der Waals surface area contributed by atoms with Crippen LogP contribution in [-0.2, 0) is 9.36 Å². The van der Waals surface area contributed by atoms with Gasteiger partial charge in [0.15, 0.2) is 0 Å². The summed E-state index contributed by atoms with van der Waals surface area (Å²) in [7, 11) is -3.89. The van der Waals surface area contributed by atoms with Crippen LogP contribution in [0.3, 0.4) is 0 Å². The molecule has 0 atom stereocenters. The van der Waals surface area contributed by atoms with Gasteiger partial charge in [0.05, 0.1) is 0 Å². The van der Waals surface area contributed by atoms with Crippen molar-refractivity contribution in [2.24, 2.45) is 0 Å². The predicted molar refractivity (Wildman–Crippen MR) is 158 cm³/mol. The quantitative estimate of drug-likeness (QED) is 0.124. The van der Waals surface area contributed by atoms with Gasteiger partial charge in [-0.3, -0.25) is 4.79 Å². The number of hydrogen-bond acceptors (Lipinski definition) is 5. The van der Waals surface area contributed by atoms with E-state index < -0.39 is 13.8 Å². The van der Waals surface area contributed by atoms with Gasteiger partial charge in [-0.25, -0.2) is 0 Å². The first-order chi connectivity index (χ1) is 19.0. The first kappa shape index (κ1) is 32.0. The van der Waals surface area contributed by atoms with Crippen molar-refractivity contribution in [2.45, 2.75) is 84.0 Å². The van der Waals surface area contributed by atoms with Crippen LogP contribution >= 0.6 is 7.82 Å². The van der Waals surface area contributed by atoms with Crippen LogP contribution in [0.1, 0.15) is 84.0 Å². The maximum Gasteiger partial charge on any atom is 0.647 e. The number of phosphoric ester groups is 1. The molecule has 7 heteroatoms. The summed E-state index contributed by atoms with van der Waals surface area (Å²) in [5.41, 5.74) is 0. The zero-order chi connectivity index (χ0) is 28.0. The van der Waals surface area contributed by atoms with E-state index in [4.69, 9.17) is 18.7 Å². The Morgan fingerprint density at radius 2 is 0.872 bits per heavy atom. The lowest BCUT2D eigenvalue weighted by Crippen LogP contribution is -2.07. The zero-order valence-corrected chi connectivity index (χ0v) is 24.0. The van der Waals surface area contributed by atoms with E-state index in [1.54, 1.807) is 72.8 Å². The standard InChI is InChI=1S/C18H15O4P.C14H28O2/c19-23(20-16-10-4-1-5-11-16,21-17-12-6-2-7-13-17)22-18-14-8-3-9-15-18;1-2-3-4-5-6-7-8-9-10-11-12-13-14(15)16/h1-15H;2-13H2,1H3,(H,15,16). The number of carboxylic acid groups (broad SMARTS) is 1. The highest BCUT2D eigenvalue weighted by molar-refractivity contribution is 7.49. The lowest BCUT2D eigenvalue weighted by molar-refractivity contribution is -0.137. The molecule has 0 bridgehead atoms. The summed E-state index contributed by atoms with van der Waals surface area (Å²) in [5.74, 6) is 0.559. The van der Waals surface area contributed by atoms with Gasteiger partial charge < -0.3 is 18.7 Å². The van der Waals surface area contributed by atoms with Crippen LogP contribution in [0.5, 0.6) is 17.2 Å². The molecule has 0 aliphatic heterocycles. The molecule has 0 saturated carbocycles. The minimum Gasteiger partial charge on any atom is -0.481 e. The Morgan fingerprint density at radius 1 is 0.564 bits per heavy atom. The third-order valence-corrected chi connectivity index (χ3v) is 7.18. The smallest absolute Gasteiger partial charge is 0.481 e. The normalized spacial score (nSPS) is 10.7. The Bertz CT molecular complexity index is 952. The highest BCUT2D eigenvalue weighted by Crippen LogP contribution is 2.49. The highest BCUT2D eigenvalue weighted by atomic mass is 31.2. The number of para-hydroxylation sites is 3. The van der Waals surface area contributed by atoms with Gasteiger partial charge in [-0.2, -0.15) is 4.57 Å². The third kappa shape index (κ3) is 15.7. The summed E-state index contributed by atoms with van der Waals surface area (Å²) in [4.78, 5) is 10.3. The summed E-state index contributed by atoms with van der Waals surface area (Å²) >= 11 is 0. The number of carboxylic acids is 1. The van der Waals surface area contributed by atoms with Crippen molar-refractivity contribution in [1.82, 2.24) is 0 Å². The predicted octanol–water partition coefficient (Wildman–Crippen LogP) is 10.1. The van der Waals surface area contributed by atoms with E-state index in [-0.39, 0.29) is 0 Å². The monoisotopic (exact) mass is 554 g/mol. The molecule has 0 fully saturated rings. The van der Waals surface area contributed by atoms with Crippen molar-refractivity contribution in [1.29, 1.82) is 0 Å². The number of hydrogen-bond donors (Lipinski definition) is 1. The minimum absolute atomic E-state index is 0.344. The summed E-state index contributed by atoms with van der Waals surface area (Å²) in [6.07, 6.45) is 14.4. The molecule has 0 aliphatic carbocycles.